The maximum Gasteiger partial charge on any atom is 0.198 e. The lowest BCUT2D eigenvalue weighted by Crippen LogP contribution is -1.92. The molecule has 90 valence electrons. The average Bonchev–Trinajstić information content (AvgIpc) is 2.73. The second-order valence-corrected chi connectivity index (χ2v) is 4.31. The molecular formula is C12H8ClFN4. The van der Waals surface area contributed by atoms with Gasteiger partial charge >= 0.3 is 0 Å². The number of halogens is 2. The first kappa shape index (κ1) is 11.1. The Labute approximate surface area is 107 Å². The van der Waals surface area contributed by atoms with E-state index in [0.717, 1.165) is 5.56 Å². The Bertz CT molecular complexity index is 718. The normalized spacial score (nSPS) is 11.1. The highest BCUT2D eigenvalue weighted by Crippen LogP contribution is 2.22. The van der Waals surface area contributed by atoms with E-state index in [0.29, 0.717) is 17.0 Å². The van der Waals surface area contributed by atoms with Crippen LogP contribution in [0.15, 0.2) is 30.6 Å². The SMILES string of the molecule is Cc1cc(F)cc(-c2nnc3c(Cl)nccn23)c1. The molecule has 0 amide bonds. The Morgan fingerprint density at radius 3 is 2.83 bits per heavy atom. The van der Waals surface area contributed by atoms with Crippen LogP contribution in [0.25, 0.3) is 17.0 Å². The summed E-state index contributed by atoms with van der Waals surface area (Å²) in [4.78, 5) is 3.92. The van der Waals surface area contributed by atoms with Gasteiger partial charge in [0.05, 0.1) is 0 Å². The van der Waals surface area contributed by atoms with Crippen LogP contribution in [-0.4, -0.2) is 19.6 Å². The molecule has 0 aliphatic carbocycles. The highest BCUT2D eigenvalue weighted by Gasteiger charge is 2.11. The van der Waals surface area contributed by atoms with Crippen LogP contribution < -0.4 is 0 Å². The van der Waals surface area contributed by atoms with Gasteiger partial charge in [-0.2, -0.15) is 0 Å². The minimum absolute atomic E-state index is 0.268. The second kappa shape index (κ2) is 4.03. The Hall–Kier alpha value is -2.01. The first-order chi connectivity index (χ1) is 8.65. The molecule has 18 heavy (non-hydrogen) atoms. The summed E-state index contributed by atoms with van der Waals surface area (Å²) in [6, 6.07) is 4.72. The third-order valence-electron chi connectivity index (χ3n) is 2.58. The number of fused-ring (bicyclic) bond motifs is 1. The summed E-state index contributed by atoms with van der Waals surface area (Å²) in [6.45, 7) is 1.82. The molecule has 0 saturated carbocycles. The molecule has 6 heteroatoms. The molecule has 0 atom stereocenters. The van der Waals surface area contributed by atoms with Gasteiger partial charge in [-0.1, -0.05) is 11.6 Å². The molecule has 0 saturated heterocycles. The van der Waals surface area contributed by atoms with E-state index in [1.165, 1.54) is 12.1 Å². The van der Waals surface area contributed by atoms with Crippen molar-refractivity contribution in [1.82, 2.24) is 19.6 Å². The monoisotopic (exact) mass is 262 g/mol. The summed E-state index contributed by atoms with van der Waals surface area (Å²) in [5.74, 6) is 0.235. The fraction of sp³-hybridized carbons (Fsp3) is 0.0833. The molecule has 2 heterocycles. The summed E-state index contributed by atoms with van der Waals surface area (Å²) < 4.78 is 15.1. The lowest BCUT2D eigenvalue weighted by molar-refractivity contribution is 0.627. The smallest absolute Gasteiger partial charge is 0.198 e. The highest BCUT2D eigenvalue weighted by atomic mass is 35.5. The third-order valence-corrected chi connectivity index (χ3v) is 2.85. The number of rotatable bonds is 1. The fourth-order valence-corrected chi connectivity index (χ4v) is 2.04. The zero-order valence-corrected chi connectivity index (χ0v) is 10.2. The Kier molecular flexibility index (Phi) is 2.48. The molecule has 1 aromatic carbocycles. The second-order valence-electron chi connectivity index (χ2n) is 3.95. The predicted octanol–water partition coefficient (Wildman–Crippen LogP) is 2.89. The Morgan fingerprint density at radius 2 is 2.06 bits per heavy atom. The summed E-state index contributed by atoms with van der Waals surface area (Å²) in [7, 11) is 0. The van der Waals surface area contributed by atoms with E-state index in [-0.39, 0.29) is 11.0 Å². The quantitative estimate of drug-likeness (QED) is 0.677. The summed E-state index contributed by atoms with van der Waals surface area (Å²) in [5, 5.41) is 8.25. The van der Waals surface area contributed by atoms with Crippen LogP contribution in [0.2, 0.25) is 5.15 Å². The lowest BCUT2D eigenvalue weighted by Gasteiger charge is -2.02. The van der Waals surface area contributed by atoms with Gasteiger partial charge in [-0.15, -0.1) is 10.2 Å². The summed E-state index contributed by atoms with van der Waals surface area (Å²) >= 11 is 5.91. The van der Waals surface area contributed by atoms with E-state index in [1.807, 2.05) is 13.0 Å². The molecule has 0 N–H and O–H groups in total. The molecule has 3 rings (SSSR count). The van der Waals surface area contributed by atoms with Gasteiger partial charge in [0.25, 0.3) is 0 Å². The van der Waals surface area contributed by atoms with Crippen molar-refractivity contribution >= 4 is 17.2 Å². The van der Waals surface area contributed by atoms with Crippen molar-refractivity contribution in [2.45, 2.75) is 6.92 Å². The third kappa shape index (κ3) is 1.73. The van der Waals surface area contributed by atoms with Crippen molar-refractivity contribution in [3.63, 3.8) is 0 Å². The topological polar surface area (TPSA) is 43.1 Å². The van der Waals surface area contributed by atoms with Gasteiger partial charge < -0.3 is 0 Å². The van der Waals surface area contributed by atoms with E-state index in [1.54, 1.807) is 16.8 Å². The van der Waals surface area contributed by atoms with Gasteiger partial charge in [0.2, 0.25) is 0 Å². The fourth-order valence-electron chi connectivity index (χ4n) is 1.86. The molecule has 0 fully saturated rings. The van der Waals surface area contributed by atoms with Crippen LogP contribution >= 0.6 is 11.6 Å². The highest BCUT2D eigenvalue weighted by molar-refractivity contribution is 6.32. The average molecular weight is 263 g/mol. The Morgan fingerprint density at radius 1 is 1.22 bits per heavy atom. The largest absolute Gasteiger partial charge is 0.278 e. The molecule has 0 aliphatic rings. The van der Waals surface area contributed by atoms with Gasteiger partial charge in [-0.05, 0) is 30.7 Å². The Balaban J connectivity index is 2.29. The first-order valence-electron chi connectivity index (χ1n) is 5.28. The summed E-state index contributed by atoms with van der Waals surface area (Å²) in [5.41, 5.74) is 1.93. The van der Waals surface area contributed by atoms with Crippen molar-refractivity contribution < 1.29 is 4.39 Å². The zero-order valence-electron chi connectivity index (χ0n) is 9.43. The summed E-state index contributed by atoms with van der Waals surface area (Å²) in [6.07, 6.45) is 3.24. The predicted molar refractivity (Wildman–Crippen MR) is 65.9 cm³/mol. The van der Waals surface area contributed by atoms with E-state index in [2.05, 4.69) is 15.2 Å². The molecule has 0 unspecified atom stereocenters. The van der Waals surface area contributed by atoms with Crippen LogP contribution in [0, 0.1) is 12.7 Å². The van der Waals surface area contributed by atoms with Crippen molar-refractivity contribution in [3.8, 4) is 11.4 Å². The minimum atomic E-state index is -0.304. The van der Waals surface area contributed by atoms with Gasteiger partial charge in [0.15, 0.2) is 16.6 Å². The zero-order chi connectivity index (χ0) is 12.7. The molecule has 0 spiro atoms. The van der Waals surface area contributed by atoms with Gasteiger partial charge in [0, 0.05) is 18.0 Å². The van der Waals surface area contributed by atoms with Gasteiger partial charge in [-0.3, -0.25) is 4.40 Å². The molecule has 3 aromatic rings. The van der Waals surface area contributed by atoms with Crippen molar-refractivity contribution in [2.75, 3.05) is 0 Å². The standard InChI is InChI=1S/C12H8ClFN4/c1-7-4-8(6-9(14)5-7)11-16-17-12-10(13)15-2-3-18(11)12/h2-6H,1H3. The number of aryl methyl sites for hydroxylation is 1. The van der Waals surface area contributed by atoms with Crippen LogP contribution in [0.3, 0.4) is 0 Å². The molecule has 4 nitrogen and oxygen atoms in total. The van der Waals surface area contributed by atoms with E-state index < -0.39 is 0 Å². The van der Waals surface area contributed by atoms with Crippen LogP contribution in [0.1, 0.15) is 5.56 Å². The van der Waals surface area contributed by atoms with Crippen LogP contribution in [0.5, 0.6) is 0 Å². The maximum atomic E-state index is 13.4. The molecule has 0 radical (unpaired) electrons. The molecular weight excluding hydrogens is 255 g/mol. The van der Waals surface area contributed by atoms with Crippen LogP contribution in [-0.2, 0) is 0 Å². The van der Waals surface area contributed by atoms with Crippen LogP contribution in [0.4, 0.5) is 4.39 Å². The van der Waals surface area contributed by atoms with Crippen molar-refractivity contribution in [1.29, 1.82) is 0 Å². The van der Waals surface area contributed by atoms with E-state index >= 15 is 0 Å². The van der Waals surface area contributed by atoms with Gasteiger partial charge in [-0.25, -0.2) is 9.37 Å². The number of nitrogens with zero attached hydrogens (tertiary/aromatic N) is 4. The van der Waals surface area contributed by atoms with Crippen molar-refractivity contribution in [3.05, 3.63) is 47.1 Å². The van der Waals surface area contributed by atoms with E-state index in [9.17, 15) is 4.39 Å². The number of benzene rings is 1. The van der Waals surface area contributed by atoms with Crippen molar-refractivity contribution in [2.24, 2.45) is 0 Å². The number of hydrogen-bond donors (Lipinski definition) is 0. The molecule has 0 aliphatic heterocycles. The minimum Gasteiger partial charge on any atom is -0.278 e. The number of hydrogen-bond acceptors (Lipinski definition) is 3. The lowest BCUT2D eigenvalue weighted by atomic mass is 10.1. The number of aromatic nitrogens is 4. The van der Waals surface area contributed by atoms with Gasteiger partial charge in [0.1, 0.15) is 5.82 Å². The first-order valence-corrected chi connectivity index (χ1v) is 5.66. The maximum absolute atomic E-state index is 13.4. The molecule has 2 aromatic heterocycles. The molecule has 0 bridgehead atoms. The van der Waals surface area contributed by atoms with E-state index in [4.69, 9.17) is 11.6 Å².